The number of rotatable bonds is 1. The lowest BCUT2D eigenvalue weighted by Crippen LogP contribution is -2.34. The standard InChI is InChI=1S/C13H13F3N2O/c14-13(15,16)9-2-1-8-3-10-5-17-6-11(7-19)18(10)12(8)4-9/h1-4,11,17,19H,5-7H2/t11-/m0/s1. The molecule has 2 heterocycles. The summed E-state index contributed by atoms with van der Waals surface area (Å²) in [5, 5.41) is 13.3. The van der Waals surface area contributed by atoms with Crippen molar-refractivity contribution in [3.05, 3.63) is 35.5 Å². The van der Waals surface area contributed by atoms with Crippen LogP contribution >= 0.6 is 0 Å². The summed E-state index contributed by atoms with van der Waals surface area (Å²) in [5.74, 6) is 0. The number of aliphatic hydroxyl groups is 1. The lowest BCUT2D eigenvalue weighted by Gasteiger charge is -2.26. The maximum absolute atomic E-state index is 12.8. The molecule has 0 bridgehead atoms. The van der Waals surface area contributed by atoms with Gasteiger partial charge in [-0.05, 0) is 23.6 Å². The molecule has 0 unspecified atom stereocenters. The van der Waals surface area contributed by atoms with Gasteiger partial charge in [0.15, 0.2) is 0 Å². The van der Waals surface area contributed by atoms with Gasteiger partial charge in [0, 0.05) is 24.3 Å². The average Bonchev–Trinajstić information content (AvgIpc) is 2.75. The van der Waals surface area contributed by atoms with Crippen molar-refractivity contribution in [2.45, 2.75) is 18.8 Å². The van der Waals surface area contributed by atoms with Gasteiger partial charge in [-0.1, -0.05) is 6.07 Å². The number of aliphatic hydroxyl groups excluding tert-OH is 1. The van der Waals surface area contributed by atoms with Gasteiger partial charge in [-0.3, -0.25) is 0 Å². The Bertz CT molecular complexity index is 618. The predicted molar refractivity (Wildman–Crippen MR) is 64.8 cm³/mol. The van der Waals surface area contributed by atoms with Crippen LogP contribution < -0.4 is 5.32 Å². The van der Waals surface area contributed by atoms with Crippen LogP contribution in [0.25, 0.3) is 10.9 Å². The number of hydrogen-bond acceptors (Lipinski definition) is 2. The normalized spacial score (nSPS) is 19.7. The van der Waals surface area contributed by atoms with E-state index < -0.39 is 11.7 Å². The molecule has 0 aliphatic carbocycles. The molecule has 1 aromatic carbocycles. The third-order valence-electron chi connectivity index (χ3n) is 3.51. The van der Waals surface area contributed by atoms with E-state index in [9.17, 15) is 18.3 Å². The molecule has 19 heavy (non-hydrogen) atoms. The SMILES string of the molecule is OC[C@@H]1CNCc2cc3ccc(C(F)(F)F)cc3n21. The molecule has 0 saturated carbocycles. The first-order valence-electron chi connectivity index (χ1n) is 6.03. The molecular formula is C13H13F3N2O. The second-order valence-electron chi connectivity index (χ2n) is 4.74. The number of nitrogens with one attached hydrogen (secondary N) is 1. The molecule has 3 nitrogen and oxygen atoms in total. The van der Waals surface area contributed by atoms with E-state index in [0.717, 1.165) is 23.2 Å². The summed E-state index contributed by atoms with van der Waals surface area (Å²) < 4.78 is 40.1. The number of nitrogens with zero attached hydrogens (tertiary/aromatic N) is 1. The number of alkyl halides is 3. The minimum absolute atomic E-state index is 0.0972. The molecule has 2 N–H and O–H groups in total. The molecule has 1 aliphatic rings. The van der Waals surface area contributed by atoms with Gasteiger partial charge >= 0.3 is 6.18 Å². The Morgan fingerprint density at radius 2 is 2.11 bits per heavy atom. The largest absolute Gasteiger partial charge is 0.416 e. The molecule has 102 valence electrons. The molecule has 1 aliphatic heterocycles. The van der Waals surface area contributed by atoms with E-state index in [2.05, 4.69) is 5.32 Å². The third-order valence-corrected chi connectivity index (χ3v) is 3.51. The van der Waals surface area contributed by atoms with Crippen LogP contribution in [0.4, 0.5) is 13.2 Å². The molecule has 1 aromatic heterocycles. The van der Waals surface area contributed by atoms with Gasteiger partial charge < -0.3 is 15.0 Å². The lowest BCUT2D eigenvalue weighted by atomic mass is 10.1. The maximum Gasteiger partial charge on any atom is 0.416 e. The Morgan fingerprint density at radius 1 is 1.32 bits per heavy atom. The van der Waals surface area contributed by atoms with Crippen LogP contribution in [0.3, 0.4) is 0 Å². The first-order chi connectivity index (χ1) is 9.00. The highest BCUT2D eigenvalue weighted by atomic mass is 19.4. The molecular weight excluding hydrogens is 257 g/mol. The topological polar surface area (TPSA) is 37.2 Å². The van der Waals surface area contributed by atoms with E-state index in [1.165, 1.54) is 6.07 Å². The van der Waals surface area contributed by atoms with Crippen molar-refractivity contribution in [2.24, 2.45) is 0 Å². The first-order valence-corrected chi connectivity index (χ1v) is 6.03. The number of halogens is 3. The van der Waals surface area contributed by atoms with Crippen LogP contribution in [0.15, 0.2) is 24.3 Å². The quantitative estimate of drug-likeness (QED) is 0.834. The Labute approximate surface area is 107 Å². The fourth-order valence-electron chi connectivity index (χ4n) is 2.63. The Balaban J connectivity index is 2.22. The molecule has 6 heteroatoms. The lowest BCUT2D eigenvalue weighted by molar-refractivity contribution is -0.137. The molecule has 0 fully saturated rings. The van der Waals surface area contributed by atoms with E-state index in [1.807, 2.05) is 6.07 Å². The fraction of sp³-hybridized carbons (Fsp3) is 0.385. The molecule has 0 radical (unpaired) electrons. The zero-order valence-corrected chi connectivity index (χ0v) is 10.0. The highest BCUT2D eigenvalue weighted by molar-refractivity contribution is 5.82. The van der Waals surface area contributed by atoms with Crippen LogP contribution in [-0.2, 0) is 12.7 Å². The summed E-state index contributed by atoms with van der Waals surface area (Å²) in [6, 6.07) is 5.38. The second kappa shape index (κ2) is 4.25. The number of fused-ring (bicyclic) bond motifs is 3. The first kappa shape index (κ1) is 12.5. The summed E-state index contributed by atoms with van der Waals surface area (Å²) in [4.78, 5) is 0. The Hall–Kier alpha value is -1.53. The van der Waals surface area contributed by atoms with Crippen LogP contribution in [0.5, 0.6) is 0 Å². The summed E-state index contributed by atoms with van der Waals surface area (Å²) in [6.45, 7) is 1.07. The van der Waals surface area contributed by atoms with Crippen molar-refractivity contribution in [3.8, 4) is 0 Å². The van der Waals surface area contributed by atoms with E-state index in [-0.39, 0.29) is 12.6 Å². The zero-order chi connectivity index (χ0) is 13.6. The van der Waals surface area contributed by atoms with Crippen LogP contribution in [0, 0.1) is 0 Å². The van der Waals surface area contributed by atoms with Crippen molar-refractivity contribution in [1.82, 2.24) is 9.88 Å². The number of benzene rings is 1. The maximum atomic E-state index is 12.8. The fourth-order valence-corrected chi connectivity index (χ4v) is 2.63. The van der Waals surface area contributed by atoms with E-state index in [0.29, 0.717) is 18.6 Å². The van der Waals surface area contributed by atoms with Gasteiger partial charge in [-0.2, -0.15) is 13.2 Å². The number of aromatic nitrogens is 1. The highest BCUT2D eigenvalue weighted by Crippen LogP contribution is 2.34. The molecule has 1 atom stereocenters. The van der Waals surface area contributed by atoms with Gasteiger partial charge in [0.05, 0.1) is 18.2 Å². The molecule has 0 amide bonds. The Morgan fingerprint density at radius 3 is 2.79 bits per heavy atom. The van der Waals surface area contributed by atoms with Crippen molar-refractivity contribution in [1.29, 1.82) is 0 Å². The van der Waals surface area contributed by atoms with Crippen molar-refractivity contribution >= 4 is 10.9 Å². The molecule has 0 saturated heterocycles. The molecule has 0 spiro atoms. The number of hydrogen-bond donors (Lipinski definition) is 2. The molecule has 3 rings (SSSR count). The third kappa shape index (κ3) is 2.01. The van der Waals surface area contributed by atoms with E-state index in [4.69, 9.17) is 0 Å². The zero-order valence-electron chi connectivity index (χ0n) is 10.0. The minimum Gasteiger partial charge on any atom is -0.394 e. The summed E-state index contributed by atoms with van der Waals surface area (Å²) in [6.07, 6.45) is -4.35. The Kier molecular flexibility index (Phi) is 2.79. The smallest absolute Gasteiger partial charge is 0.394 e. The second-order valence-corrected chi connectivity index (χ2v) is 4.74. The van der Waals surface area contributed by atoms with Crippen LogP contribution in [-0.4, -0.2) is 22.8 Å². The molecule has 2 aromatic rings. The predicted octanol–water partition coefficient (Wildman–Crippen LogP) is 2.30. The van der Waals surface area contributed by atoms with Gasteiger partial charge in [0.1, 0.15) is 0 Å². The van der Waals surface area contributed by atoms with Gasteiger partial charge in [-0.25, -0.2) is 0 Å². The summed E-state index contributed by atoms with van der Waals surface area (Å²) in [5.41, 5.74) is 0.779. The van der Waals surface area contributed by atoms with Crippen molar-refractivity contribution in [2.75, 3.05) is 13.2 Å². The van der Waals surface area contributed by atoms with Crippen LogP contribution in [0.1, 0.15) is 17.3 Å². The minimum atomic E-state index is -4.35. The average molecular weight is 270 g/mol. The van der Waals surface area contributed by atoms with Crippen LogP contribution in [0.2, 0.25) is 0 Å². The summed E-state index contributed by atoms with van der Waals surface area (Å²) >= 11 is 0. The van der Waals surface area contributed by atoms with Gasteiger partial charge in [-0.15, -0.1) is 0 Å². The van der Waals surface area contributed by atoms with Crippen molar-refractivity contribution in [3.63, 3.8) is 0 Å². The van der Waals surface area contributed by atoms with E-state index in [1.54, 1.807) is 4.57 Å². The monoisotopic (exact) mass is 270 g/mol. The van der Waals surface area contributed by atoms with Crippen molar-refractivity contribution < 1.29 is 18.3 Å². The van der Waals surface area contributed by atoms with Gasteiger partial charge in [0.2, 0.25) is 0 Å². The van der Waals surface area contributed by atoms with Gasteiger partial charge in [0.25, 0.3) is 0 Å². The van der Waals surface area contributed by atoms with E-state index >= 15 is 0 Å². The summed E-state index contributed by atoms with van der Waals surface area (Å²) in [7, 11) is 0. The highest BCUT2D eigenvalue weighted by Gasteiger charge is 2.31.